The highest BCUT2D eigenvalue weighted by molar-refractivity contribution is 14.0. The molecule has 2 aromatic rings. The second-order valence-electron chi connectivity index (χ2n) is 6.49. The van der Waals surface area contributed by atoms with Gasteiger partial charge >= 0.3 is 0 Å². The maximum Gasteiger partial charge on any atom is 0.231 e. The third-order valence-electron chi connectivity index (χ3n) is 4.81. The topological polar surface area (TPSA) is 80.0 Å². The Morgan fingerprint density at radius 3 is 2.89 bits per heavy atom. The predicted octanol–water partition coefficient (Wildman–Crippen LogP) is 2.62. The molecular weight excluding hydrogens is 455 g/mol. The zero-order valence-corrected chi connectivity index (χ0v) is 17.3. The first-order valence-corrected chi connectivity index (χ1v) is 8.89. The van der Waals surface area contributed by atoms with Crippen molar-refractivity contribution >= 4 is 41.5 Å². The molecule has 0 fully saturated rings. The van der Waals surface area contributed by atoms with Crippen molar-refractivity contribution in [3.05, 3.63) is 59.7 Å². The number of para-hydroxylation sites is 2. The van der Waals surface area contributed by atoms with E-state index in [-0.39, 0.29) is 35.9 Å². The number of aliphatic imine (C=N–C) groups is 1. The predicted molar refractivity (Wildman–Crippen MR) is 117 cm³/mol. The molecule has 1 atom stereocenters. The molecule has 0 spiro atoms. The maximum atomic E-state index is 12.2. The number of rotatable bonds is 4. The number of fused-ring (bicyclic) bond motifs is 2. The number of carbonyl (C=O) groups excluding carboxylic acids is 1. The van der Waals surface area contributed by atoms with Crippen molar-refractivity contribution in [1.82, 2.24) is 5.32 Å². The van der Waals surface area contributed by atoms with E-state index in [9.17, 15) is 4.79 Å². The van der Waals surface area contributed by atoms with E-state index in [4.69, 9.17) is 10.5 Å². The number of nitrogens with two attached hydrogens (primary N) is 1. The molecule has 4 rings (SSSR count). The van der Waals surface area contributed by atoms with Gasteiger partial charge in [-0.25, -0.2) is 0 Å². The molecule has 0 saturated carbocycles. The average Bonchev–Trinajstić information content (AvgIpc) is 2.98. The second kappa shape index (κ2) is 8.60. The minimum absolute atomic E-state index is 0. The Morgan fingerprint density at radius 1 is 1.22 bits per heavy atom. The number of nitrogens with zero attached hydrogens (tertiary/aromatic N) is 2. The Labute approximate surface area is 175 Å². The lowest BCUT2D eigenvalue weighted by atomic mass is 10.0. The van der Waals surface area contributed by atoms with Crippen molar-refractivity contribution < 1.29 is 9.53 Å². The molecule has 142 valence electrons. The number of benzene rings is 2. The van der Waals surface area contributed by atoms with Crippen LogP contribution in [0.1, 0.15) is 23.6 Å². The van der Waals surface area contributed by atoms with E-state index in [0.29, 0.717) is 32.1 Å². The summed E-state index contributed by atoms with van der Waals surface area (Å²) in [5, 5.41) is 3.28. The molecule has 1 amide bonds. The van der Waals surface area contributed by atoms with Crippen molar-refractivity contribution in [2.45, 2.75) is 18.9 Å². The second-order valence-corrected chi connectivity index (χ2v) is 6.49. The van der Waals surface area contributed by atoms with Crippen LogP contribution < -0.4 is 20.7 Å². The van der Waals surface area contributed by atoms with Gasteiger partial charge in [-0.2, -0.15) is 0 Å². The van der Waals surface area contributed by atoms with Crippen molar-refractivity contribution in [3.63, 3.8) is 0 Å². The summed E-state index contributed by atoms with van der Waals surface area (Å²) in [4.78, 5) is 18.4. The fourth-order valence-corrected chi connectivity index (χ4v) is 3.55. The van der Waals surface area contributed by atoms with Gasteiger partial charge in [0.2, 0.25) is 5.91 Å². The maximum absolute atomic E-state index is 12.2. The zero-order chi connectivity index (χ0) is 17.9. The standard InChI is InChI=1S/C20H22N4O2.HI/c21-20(23-16-9-12-26-18-8-4-2-6-15(16)18)22-10-11-24-17-7-3-1-5-14(17)13-19(24)25;/h1-8,16H,9-13H2,(H3,21,22,23);1H. The van der Waals surface area contributed by atoms with Crippen LogP contribution in [0.5, 0.6) is 5.75 Å². The summed E-state index contributed by atoms with van der Waals surface area (Å²) in [5.74, 6) is 1.40. The van der Waals surface area contributed by atoms with E-state index in [1.165, 1.54) is 0 Å². The molecule has 7 heteroatoms. The molecule has 0 aromatic heterocycles. The monoisotopic (exact) mass is 478 g/mol. The van der Waals surface area contributed by atoms with Gasteiger partial charge in [-0.15, -0.1) is 24.0 Å². The molecule has 2 aromatic carbocycles. The highest BCUT2D eigenvalue weighted by Crippen LogP contribution is 2.31. The lowest BCUT2D eigenvalue weighted by Crippen LogP contribution is -2.38. The summed E-state index contributed by atoms with van der Waals surface area (Å²) in [6, 6.07) is 15.9. The summed E-state index contributed by atoms with van der Waals surface area (Å²) in [6.45, 7) is 1.65. The molecule has 3 N–H and O–H groups in total. The van der Waals surface area contributed by atoms with Crippen LogP contribution in [0.3, 0.4) is 0 Å². The van der Waals surface area contributed by atoms with Crippen LogP contribution in [0.15, 0.2) is 53.5 Å². The number of ether oxygens (including phenoxy) is 1. The number of guanidine groups is 1. The molecule has 2 heterocycles. The number of amides is 1. The fraction of sp³-hybridized carbons (Fsp3) is 0.300. The summed E-state index contributed by atoms with van der Waals surface area (Å²) in [7, 11) is 0. The van der Waals surface area contributed by atoms with Crippen molar-refractivity contribution in [2.75, 3.05) is 24.6 Å². The Hall–Kier alpha value is -2.29. The molecule has 6 nitrogen and oxygen atoms in total. The van der Waals surface area contributed by atoms with Gasteiger partial charge in [-0.05, 0) is 17.7 Å². The van der Waals surface area contributed by atoms with Crippen LogP contribution in [0.4, 0.5) is 5.69 Å². The Morgan fingerprint density at radius 2 is 2.00 bits per heavy atom. The summed E-state index contributed by atoms with van der Waals surface area (Å²) in [6.07, 6.45) is 1.30. The molecule has 2 aliphatic rings. The normalized spacial score (nSPS) is 18.2. The third-order valence-corrected chi connectivity index (χ3v) is 4.81. The fourth-order valence-electron chi connectivity index (χ4n) is 3.55. The van der Waals surface area contributed by atoms with Crippen molar-refractivity contribution in [3.8, 4) is 5.75 Å². The van der Waals surface area contributed by atoms with Crippen LogP contribution in [0, 0.1) is 0 Å². The third kappa shape index (κ3) is 4.18. The van der Waals surface area contributed by atoms with E-state index in [2.05, 4.69) is 10.3 Å². The first-order valence-electron chi connectivity index (χ1n) is 8.89. The smallest absolute Gasteiger partial charge is 0.231 e. The molecule has 27 heavy (non-hydrogen) atoms. The molecule has 1 unspecified atom stereocenters. The zero-order valence-electron chi connectivity index (χ0n) is 14.9. The average molecular weight is 478 g/mol. The van der Waals surface area contributed by atoms with Crippen LogP contribution in [-0.2, 0) is 11.2 Å². The highest BCUT2D eigenvalue weighted by Gasteiger charge is 2.26. The first-order chi connectivity index (χ1) is 12.7. The lowest BCUT2D eigenvalue weighted by molar-refractivity contribution is -0.117. The molecule has 0 saturated heterocycles. The SMILES string of the molecule is I.NC(=NCCN1C(=O)Cc2ccccc21)NC1CCOc2ccccc21. The van der Waals surface area contributed by atoms with Gasteiger partial charge in [-0.3, -0.25) is 9.79 Å². The molecule has 2 aliphatic heterocycles. The summed E-state index contributed by atoms with van der Waals surface area (Å²) in [5.41, 5.74) is 9.23. The van der Waals surface area contributed by atoms with Gasteiger partial charge in [-0.1, -0.05) is 36.4 Å². The number of anilines is 1. The van der Waals surface area contributed by atoms with E-state index < -0.39 is 0 Å². The largest absolute Gasteiger partial charge is 0.493 e. The van der Waals surface area contributed by atoms with Crippen LogP contribution >= 0.6 is 24.0 Å². The summed E-state index contributed by atoms with van der Waals surface area (Å²) < 4.78 is 5.66. The number of hydrogen-bond donors (Lipinski definition) is 2. The van der Waals surface area contributed by atoms with Crippen molar-refractivity contribution in [1.29, 1.82) is 0 Å². The Bertz CT molecular complexity index is 855. The Balaban J connectivity index is 0.00000210. The van der Waals surface area contributed by atoms with E-state index >= 15 is 0 Å². The quantitative estimate of drug-likeness (QED) is 0.403. The molecular formula is C20H23IN4O2. The van der Waals surface area contributed by atoms with Crippen LogP contribution in [0.2, 0.25) is 0 Å². The number of nitrogens with one attached hydrogen (secondary N) is 1. The van der Waals surface area contributed by atoms with Crippen LogP contribution in [-0.4, -0.2) is 31.6 Å². The lowest BCUT2D eigenvalue weighted by Gasteiger charge is -2.27. The minimum Gasteiger partial charge on any atom is -0.493 e. The minimum atomic E-state index is 0. The Kier molecular flexibility index (Phi) is 6.20. The van der Waals surface area contributed by atoms with Gasteiger partial charge in [0.1, 0.15) is 5.75 Å². The van der Waals surface area contributed by atoms with Crippen molar-refractivity contribution in [2.24, 2.45) is 10.7 Å². The van der Waals surface area contributed by atoms with E-state index in [1.54, 1.807) is 4.90 Å². The number of hydrogen-bond acceptors (Lipinski definition) is 3. The van der Waals surface area contributed by atoms with E-state index in [0.717, 1.165) is 29.0 Å². The molecule has 0 aliphatic carbocycles. The van der Waals surface area contributed by atoms with Gasteiger partial charge in [0.25, 0.3) is 0 Å². The number of halogens is 1. The molecule has 0 radical (unpaired) electrons. The van der Waals surface area contributed by atoms with Crippen LogP contribution in [0.25, 0.3) is 0 Å². The van der Waals surface area contributed by atoms with Gasteiger partial charge in [0, 0.05) is 24.2 Å². The summed E-state index contributed by atoms with van der Waals surface area (Å²) >= 11 is 0. The van der Waals surface area contributed by atoms with E-state index in [1.807, 2.05) is 48.5 Å². The van der Waals surface area contributed by atoms with Gasteiger partial charge < -0.3 is 20.7 Å². The number of carbonyl (C=O) groups is 1. The van der Waals surface area contributed by atoms with Gasteiger partial charge in [0.15, 0.2) is 5.96 Å². The molecule has 0 bridgehead atoms. The first kappa shape index (κ1) is 19.5. The van der Waals surface area contributed by atoms with Gasteiger partial charge in [0.05, 0.1) is 25.6 Å². The highest BCUT2D eigenvalue weighted by atomic mass is 127.